The van der Waals surface area contributed by atoms with Gasteiger partial charge in [0.25, 0.3) is 0 Å². The Hall–Kier alpha value is -1.04. The maximum atomic E-state index is 11.6. The van der Waals surface area contributed by atoms with Gasteiger partial charge in [0.15, 0.2) is 6.61 Å². The molecule has 1 aromatic heterocycles. The summed E-state index contributed by atoms with van der Waals surface area (Å²) in [5, 5.41) is 3.02. The van der Waals surface area contributed by atoms with Gasteiger partial charge in [0.1, 0.15) is 0 Å². The van der Waals surface area contributed by atoms with Crippen LogP contribution in [-0.2, 0) is 4.74 Å². The van der Waals surface area contributed by atoms with Crippen molar-refractivity contribution in [3.63, 3.8) is 0 Å². The molecule has 0 radical (unpaired) electrons. The normalized spacial score (nSPS) is 11.3. The molecule has 0 fully saturated rings. The smallest absolute Gasteiger partial charge is 0.422 e. The van der Waals surface area contributed by atoms with Gasteiger partial charge >= 0.3 is 12.1 Å². The number of hydrogen-bond acceptors (Lipinski definition) is 3. The minimum atomic E-state index is -4.47. The first-order valence-electron chi connectivity index (χ1n) is 3.25. The van der Waals surface area contributed by atoms with Crippen molar-refractivity contribution in [2.24, 2.45) is 0 Å². The Balaban J connectivity index is 2.44. The molecular weight excluding hydrogens is 205 g/mol. The predicted molar refractivity (Wildman–Crippen MR) is 40.7 cm³/mol. The first-order valence-corrected chi connectivity index (χ1v) is 4.19. The molecule has 0 spiro atoms. The van der Waals surface area contributed by atoms with Crippen molar-refractivity contribution >= 4 is 17.3 Å². The molecule has 6 heteroatoms. The van der Waals surface area contributed by atoms with Crippen LogP contribution in [0.5, 0.6) is 0 Å². The number of ether oxygens (including phenoxy) is 1. The second-order valence-electron chi connectivity index (χ2n) is 2.20. The summed E-state index contributed by atoms with van der Waals surface area (Å²) >= 11 is 1.22. The van der Waals surface area contributed by atoms with Crippen LogP contribution in [0.3, 0.4) is 0 Å². The van der Waals surface area contributed by atoms with Crippen LogP contribution in [0.15, 0.2) is 16.8 Å². The fraction of sp³-hybridized carbons (Fsp3) is 0.286. The quantitative estimate of drug-likeness (QED) is 0.701. The van der Waals surface area contributed by atoms with Gasteiger partial charge < -0.3 is 4.74 Å². The van der Waals surface area contributed by atoms with E-state index < -0.39 is 18.8 Å². The number of carbonyl (C=O) groups is 1. The van der Waals surface area contributed by atoms with Crippen LogP contribution in [0.4, 0.5) is 13.2 Å². The van der Waals surface area contributed by atoms with Gasteiger partial charge in [-0.1, -0.05) is 0 Å². The summed E-state index contributed by atoms with van der Waals surface area (Å²) in [5.74, 6) is -0.946. The number of esters is 1. The lowest BCUT2D eigenvalue weighted by Crippen LogP contribution is -2.20. The molecule has 0 atom stereocenters. The van der Waals surface area contributed by atoms with Crippen molar-refractivity contribution in [1.82, 2.24) is 0 Å². The van der Waals surface area contributed by atoms with E-state index in [1.807, 2.05) is 0 Å². The monoisotopic (exact) mass is 210 g/mol. The molecular formula is C7H5F3O2S. The summed E-state index contributed by atoms with van der Waals surface area (Å²) in [4.78, 5) is 10.8. The molecule has 0 saturated carbocycles. The fourth-order valence-corrected chi connectivity index (χ4v) is 1.24. The first kappa shape index (κ1) is 10.0. The lowest BCUT2D eigenvalue weighted by Gasteiger charge is -2.06. The number of hydrogen-bond donors (Lipinski definition) is 0. The molecule has 0 saturated heterocycles. The Morgan fingerprint density at radius 3 is 2.69 bits per heavy atom. The van der Waals surface area contributed by atoms with Crippen LogP contribution in [0.2, 0.25) is 0 Å². The highest BCUT2D eigenvalue weighted by Crippen LogP contribution is 2.16. The molecule has 0 bridgehead atoms. The molecule has 0 aliphatic rings. The van der Waals surface area contributed by atoms with Crippen molar-refractivity contribution in [3.8, 4) is 0 Å². The molecule has 72 valence electrons. The SMILES string of the molecule is O=C(OCC(F)(F)F)c1ccsc1. The number of rotatable bonds is 2. The van der Waals surface area contributed by atoms with Gasteiger partial charge in [-0.3, -0.25) is 0 Å². The van der Waals surface area contributed by atoms with E-state index in [0.717, 1.165) is 0 Å². The second-order valence-corrected chi connectivity index (χ2v) is 2.98. The number of carbonyl (C=O) groups excluding carboxylic acids is 1. The van der Waals surface area contributed by atoms with E-state index in [1.54, 1.807) is 5.38 Å². The van der Waals surface area contributed by atoms with Gasteiger partial charge in [-0.05, 0) is 11.4 Å². The van der Waals surface area contributed by atoms with Gasteiger partial charge in [-0.25, -0.2) is 4.79 Å². The Labute approximate surface area is 75.9 Å². The summed E-state index contributed by atoms with van der Waals surface area (Å²) in [7, 11) is 0. The zero-order valence-corrected chi connectivity index (χ0v) is 7.11. The number of alkyl halides is 3. The average molecular weight is 210 g/mol. The summed E-state index contributed by atoms with van der Waals surface area (Å²) < 4.78 is 38.7. The largest absolute Gasteiger partial charge is 0.452 e. The molecule has 1 rings (SSSR count). The highest BCUT2D eigenvalue weighted by atomic mass is 32.1. The zero-order chi connectivity index (χ0) is 9.90. The summed E-state index contributed by atoms with van der Waals surface area (Å²) in [6.07, 6.45) is -4.47. The van der Waals surface area contributed by atoms with Gasteiger partial charge in [0.05, 0.1) is 5.56 Å². The third-order valence-electron chi connectivity index (χ3n) is 1.12. The lowest BCUT2D eigenvalue weighted by molar-refractivity contribution is -0.161. The molecule has 0 aromatic carbocycles. The Morgan fingerprint density at radius 2 is 2.23 bits per heavy atom. The number of halogens is 3. The zero-order valence-electron chi connectivity index (χ0n) is 6.30. The predicted octanol–water partition coefficient (Wildman–Crippen LogP) is 2.47. The third-order valence-corrected chi connectivity index (χ3v) is 1.81. The highest BCUT2D eigenvalue weighted by molar-refractivity contribution is 7.08. The topological polar surface area (TPSA) is 26.3 Å². The van der Waals surface area contributed by atoms with E-state index >= 15 is 0 Å². The van der Waals surface area contributed by atoms with Crippen LogP contribution < -0.4 is 0 Å². The van der Waals surface area contributed by atoms with Crippen molar-refractivity contribution in [3.05, 3.63) is 22.4 Å². The van der Waals surface area contributed by atoms with Gasteiger partial charge in [-0.15, -0.1) is 0 Å². The van der Waals surface area contributed by atoms with Crippen molar-refractivity contribution in [2.75, 3.05) is 6.61 Å². The van der Waals surface area contributed by atoms with Crippen LogP contribution in [0, 0.1) is 0 Å². The maximum Gasteiger partial charge on any atom is 0.422 e. The molecule has 0 aliphatic heterocycles. The van der Waals surface area contributed by atoms with E-state index in [0.29, 0.717) is 0 Å². The molecule has 0 amide bonds. The average Bonchev–Trinajstić information content (AvgIpc) is 2.50. The third kappa shape index (κ3) is 3.45. The standard InChI is InChI=1S/C7H5F3O2S/c8-7(9,10)4-12-6(11)5-1-2-13-3-5/h1-3H,4H2. The number of thiophene rings is 1. The van der Waals surface area contributed by atoms with Crippen LogP contribution in [-0.4, -0.2) is 18.8 Å². The second kappa shape index (κ2) is 3.78. The summed E-state index contributed by atoms with van der Waals surface area (Å²) in [5.41, 5.74) is 0.147. The fourth-order valence-electron chi connectivity index (χ4n) is 0.611. The molecule has 13 heavy (non-hydrogen) atoms. The Bertz CT molecular complexity index is 278. The van der Waals surface area contributed by atoms with Crippen LogP contribution in [0.1, 0.15) is 10.4 Å². The highest BCUT2D eigenvalue weighted by Gasteiger charge is 2.29. The molecule has 0 unspecified atom stereocenters. The van der Waals surface area contributed by atoms with E-state index in [1.165, 1.54) is 22.8 Å². The van der Waals surface area contributed by atoms with Crippen molar-refractivity contribution in [1.29, 1.82) is 0 Å². The van der Waals surface area contributed by atoms with Gasteiger partial charge in [0.2, 0.25) is 0 Å². The molecule has 1 aromatic rings. The van der Waals surface area contributed by atoms with Gasteiger partial charge in [0, 0.05) is 5.38 Å². The van der Waals surface area contributed by atoms with Crippen molar-refractivity contribution in [2.45, 2.75) is 6.18 Å². The minimum absolute atomic E-state index is 0.147. The minimum Gasteiger partial charge on any atom is -0.452 e. The lowest BCUT2D eigenvalue weighted by atomic mass is 10.3. The maximum absolute atomic E-state index is 11.6. The first-order chi connectivity index (χ1) is 5.99. The van der Waals surface area contributed by atoms with E-state index in [-0.39, 0.29) is 5.56 Å². The Kier molecular flexibility index (Phi) is 2.92. The Morgan fingerprint density at radius 1 is 1.54 bits per heavy atom. The van der Waals surface area contributed by atoms with E-state index in [2.05, 4.69) is 4.74 Å². The molecule has 0 N–H and O–H groups in total. The van der Waals surface area contributed by atoms with E-state index in [4.69, 9.17) is 0 Å². The van der Waals surface area contributed by atoms with Gasteiger partial charge in [-0.2, -0.15) is 24.5 Å². The van der Waals surface area contributed by atoms with E-state index in [9.17, 15) is 18.0 Å². The van der Waals surface area contributed by atoms with Crippen LogP contribution >= 0.6 is 11.3 Å². The summed E-state index contributed by atoms with van der Waals surface area (Å²) in [6.45, 7) is -1.54. The summed E-state index contributed by atoms with van der Waals surface area (Å²) in [6, 6.07) is 1.41. The van der Waals surface area contributed by atoms with Crippen LogP contribution in [0.25, 0.3) is 0 Å². The molecule has 2 nitrogen and oxygen atoms in total. The molecule has 0 aliphatic carbocycles. The van der Waals surface area contributed by atoms with Crippen molar-refractivity contribution < 1.29 is 22.7 Å². The molecule has 1 heterocycles.